The Morgan fingerprint density at radius 3 is 2.46 bits per heavy atom. The molecule has 24 heavy (non-hydrogen) atoms. The first kappa shape index (κ1) is 17.7. The van der Waals surface area contributed by atoms with Crippen molar-refractivity contribution in [3.63, 3.8) is 0 Å². The molecule has 0 atom stereocenters. The van der Waals surface area contributed by atoms with E-state index in [1.54, 1.807) is 11.0 Å². The average Bonchev–Trinajstić information content (AvgIpc) is 2.56. The van der Waals surface area contributed by atoms with Crippen LogP contribution in [-0.2, 0) is 4.79 Å². The number of amides is 2. The van der Waals surface area contributed by atoms with E-state index < -0.39 is 0 Å². The van der Waals surface area contributed by atoms with Crippen LogP contribution in [0.15, 0.2) is 48.5 Å². The van der Waals surface area contributed by atoms with Crippen molar-refractivity contribution in [2.24, 2.45) is 0 Å². The van der Waals surface area contributed by atoms with E-state index in [-0.39, 0.29) is 18.4 Å². The van der Waals surface area contributed by atoms with Crippen molar-refractivity contribution < 1.29 is 9.59 Å². The summed E-state index contributed by atoms with van der Waals surface area (Å²) in [5.74, 6) is -0.292. The zero-order valence-electron chi connectivity index (χ0n) is 14.5. The van der Waals surface area contributed by atoms with Gasteiger partial charge in [0.05, 0.1) is 0 Å². The van der Waals surface area contributed by atoms with Gasteiger partial charge >= 0.3 is 0 Å². The van der Waals surface area contributed by atoms with E-state index in [1.807, 2.05) is 63.2 Å². The number of aryl methyl sites for hydroxylation is 2. The number of para-hydroxylation sites is 1. The molecule has 0 radical (unpaired) electrons. The fraction of sp³-hybridized carbons (Fsp3) is 0.300. The van der Waals surface area contributed by atoms with E-state index in [2.05, 4.69) is 5.32 Å². The van der Waals surface area contributed by atoms with Crippen LogP contribution in [-0.4, -0.2) is 29.8 Å². The van der Waals surface area contributed by atoms with Gasteiger partial charge in [0.15, 0.2) is 0 Å². The van der Waals surface area contributed by atoms with Gasteiger partial charge in [-0.25, -0.2) is 0 Å². The molecule has 126 valence electrons. The Kier molecular flexibility index (Phi) is 6.13. The molecular weight excluding hydrogens is 300 g/mol. The zero-order chi connectivity index (χ0) is 17.5. The lowest BCUT2D eigenvalue weighted by molar-refractivity contribution is -0.116. The Hall–Kier alpha value is -2.62. The molecule has 0 aliphatic rings. The minimum atomic E-state index is -0.182. The van der Waals surface area contributed by atoms with Crippen LogP contribution in [0.4, 0.5) is 5.69 Å². The Balaban J connectivity index is 2.09. The summed E-state index contributed by atoms with van der Waals surface area (Å²) in [7, 11) is 0. The van der Waals surface area contributed by atoms with Crippen LogP contribution < -0.4 is 5.32 Å². The minimum Gasteiger partial charge on any atom is -0.329 e. The van der Waals surface area contributed by atoms with Crippen molar-refractivity contribution in [3.8, 4) is 0 Å². The summed E-state index contributed by atoms with van der Waals surface area (Å²) in [6.07, 6.45) is 0.801. The number of benzene rings is 2. The number of nitrogens with zero attached hydrogens (tertiary/aromatic N) is 1. The molecule has 2 aromatic carbocycles. The van der Waals surface area contributed by atoms with Crippen molar-refractivity contribution in [2.75, 3.05) is 18.4 Å². The molecule has 0 saturated heterocycles. The molecule has 0 bridgehead atoms. The summed E-state index contributed by atoms with van der Waals surface area (Å²) in [5.41, 5.74) is 3.42. The summed E-state index contributed by atoms with van der Waals surface area (Å²) >= 11 is 0. The third-order valence-electron chi connectivity index (χ3n) is 3.80. The van der Waals surface area contributed by atoms with E-state index >= 15 is 0 Å². The maximum atomic E-state index is 12.7. The van der Waals surface area contributed by atoms with Crippen LogP contribution in [0.25, 0.3) is 0 Å². The first-order valence-electron chi connectivity index (χ1n) is 8.22. The standard InChI is InChI=1S/C20H24N2O2/c1-4-12-22(20(24)17-10-7-8-15(2)13-17)14-19(23)21-18-11-6-5-9-16(18)3/h5-11,13H,4,12,14H2,1-3H3,(H,21,23). The first-order valence-corrected chi connectivity index (χ1v) is 8.22. The average molecular weight is 324 g/mol. The molecule has 2 aromatic rings. The lowest BCUT2D eigenvalue weighted by Crippen LogP contribution is -2.38. The largest absolute Gasteiger partial charge is 0.329 e. The highest BCUT2D eigenvalue weighted by molar-refractivity contribution is 5.99. The van der Waals surface area contributed by atoms with Crippen LogP contribution >= 0.6 is 0 Å². The van der Waals surface area contributed by atoms with Gasteiger partial charge in [-0.2, -0.15) is 0 Å². The van der Waals surface area contributed by atoms with E-state index in [1.165, 1.54) is 0 Å². The molecule has 0 aromatic heterocycles. The lowest BCUT2D eigenvalue weighted by Gasteiger charge is -2.22. The molecule has 2 rings (SSSR count). The van der Waals surface area contributed by atoms with Gasteiger partial charge < -0.3 is 10.2 Å². The van der Waals surface area contributed by atoms with Gasteiger partial charge in [-0.3, -0.25) is 9.59 Å². The van der Waals surface area contributed by atoms with E-state index in [0.29, 0.717) is 12.1 Å². The molecule has 0 unspecified atom stereocenters. The number of carbonyl (C=O) groups excluding carboxylic acids is 2. The third-order valence-corrected chi connectivity index (χ3v) is 3.80. The van der Waals surface area contributed by atoms with Crippen molar-refractivity contribution >= 4 is 17.5 Å². The van der Waals surface area contributed by atoms with Gasteiger partial charge in [0.25, 0.3) is 5.91 Å². The van der Waals surface area contributed by atoms with Gasteiger partial charge in [0, 0.05) is 17.8 Å². The number of hydrogen-bond acceptors (Lipinski definition) is 2. The first-order chi connectivity index (χ1) is 11.5. The summed E-state index contributed by atoms with van der Waals surface area (Å²) in [4.78, 5) is 26.6. The van der Waals surface area contributed by atoms with Crippen molar-refractivity contribution in [1.82, 2.24) is 4.90 Å². The molecule has 4 heteroatoms. The van der Waals surface area contributed by atoms with Crippen LogP contribution in [0.1, 0.15) is 34.8 Å². The van der Waals surface area contributed by atoms with Crippen molar-refractivity contribution in [1.29, 1.82) is 0 Å². The Labute approximate surface area is 143 Å². The maximum absolute atomic E-state index is 12.7. The molecule has 0 saturated carbocycles. The second kappa shape index (κ2) is 8.29. The molecule has 0 spiro atoms. The fourth-order valence-corrected chi connectivity index (χ4v) is 2.56. The van der Waals surface area contributed by atoms with E-state index in [0.717, 1.165) is 23.2 Å². The Morgan fingerprint density at radius 2 is 1.79 bits per heavy atom. The summed E-state index contributed by atoms with van der Waals surface area (Å²) in [6, 6.07) is 15.1. The lowest BCUT2D eigenvalue weighted by atomic mass is 10.1. The predicted octanol–water partition coefficient (Wildman–Crippen LogP) is 3.79. The molecule has 0 aliphatic heterocycles. The number of anilines is 1. The van der Waals surface area contributed by atoms with Crippen LogP contribution in [0.2, 0.25) is 0 Å². The topological polar surface area (TPSA) is 49.4 Å². The monoisotopic (exact) mass is 324 g/mol. The highest BCUT2D eigenvalue weighted by Crippen LogP contribution is 2.14. The fourth-order valence-electron chi connectivity index (χ4n) is 2.56. The molecular formula is C20H24N2O2. The highest BCUT2D eigenvalue weighted by Gasteiger charge is 2.18. The van der Waals surface area contributed by atoms with Crippen LogP contribution in [0.5, 0.6) is 0 Å². The quantitative estimate of drug-likeness (QED) is 0.879. The number of hydrogen-bond donors (Lipinski definition) is 1. The SMILES string of the molecule is CCCN(CC(=O)Nc1ccccc1C)C(=O)c1cccc(C)c1. The van der Waals surface area contributed by atoms with Gasteiger partial charge in [0.1, 0.15) is 6.54 Å². The normalized spacial score (nSPS) is 10.3. The summed E-state index contributed by atoms with van der Waals surface area (Å²) < 4.78 is 0. The van der Waals surface area contributed by atoms with Gasteiger partial charge in [-0.1, -0.05) is 42.8 Å². The zero-order valence-corrected chi connectivity index (χ0v) is 14.5. The molecule has 0 fully saturated rings. The van der Waals surface area contributed by atoms with Gasteiger partial charge in [0.2, 0.25) is 5.91 Å². The minimum absolute atomic E-state index is 0.0505. The van der Waals surface area contributed by atoms with E-state index in [4.69, 9.17) is 0 Å². The second-order valence-corrected chi connectivity index (χ2v) is 5.96. The van der Waals surface area contributed by atoms with Crippen LogP contribution in [0.3, 0.4) is 0 Å². The van der Waals surface area contributed by atoms with Crippen LogP contribution in [0, 0.1) is 13.8 Å². The third kappa shape index (κ3) is 4.69. The van der Waals surface area contributed by atoms with Crippen molar-refractivity contribution in [3.05, 3.63) is 65.2 Å². The van der Waals surface area contributed by atoms with Gasteiger partial charge in [-0.15, -0.1) is 0 Å². The molecule has 1 N–H and O–H groups in total. The number of nitrogens with one attached hydrogen (secondary N) is 1. The molecule has 2 amide bonds. The summed E-state index contributed by atoms with van der Waals surface area (Å²) in [6.45, 7) is 6.49. The van der Waals surface area contributed by atoms with Crippen molar-refractivity contribution in [2.45, 2.75) is 27.2 Å². The Bertz CT molecular complexity index is 725. The summed E-state index contributed by atoms with van der Waals surface area (Å²) in [5, 5.41) is 2.88. The van der Waals surface area contributed by atoms with E-state index in [9.17, 15) is 9.59 Å². The van der Waals surface area contributed by atoms with Gasteiger partial charge in [-0.05, 0) is 44.0 Å². The molecule has 0 aliphatic carbocycles. The maximum Gasteiger partial charge on any atom is 0.254 e. The number of rotatable bonds is 6. The molecule has 4 nitrogen and oxygen atoms in total. The second-order valence-electron chi connectivity index (χ2n) is 5.96. The molecule has 0 heterocycles. The predicted molar refractivity (Wildman–Crippen MR) is 97.2 cm³/mol. The smallest absolute Gasteiger partial charge is 0.254 e. The number of carbonyl (C=O) groups is 2. The highest BCUT2D eigenvalue weighted by atomic mass is 16.2. The Morgan fingerprint density at radius 1 is 1.04 bits per heavy atom.